The second-order valence-corrected chi connectivity index (χ2v) is 5.64. The van der Waals surface area contributed by atoms with Crippen LogP contribution in [0.3, 0.4) is 0 Å². The molecule has 1 nitrogen and oxygen atoms in total. The second kappa shape index (κ2) is 4.96. The van der Waals surface area contributed by atoms with Crippen LogP contribution < -0.4 is 0 Å². The summed E-state index contributed by atoms with van der Waals surface area (Å²) < 4.78 is 13.6. The summed E-state index contributed by atoms with van der Waals surface area (Å²) in [5.74, 6) is -0.758. The van der Waals surface area contributed by atoms with Crippen LogP contribution in [0.1, 0.15) is 42.3 Å². The van der Waals surface area contributed by atoms with Crippen molar-refractivity contribution in [1.29, 1.82) is 0 Å². The minimum Gasteiger partial charge on any atom is -0.288 e. The van der Waals surface area contributed by atoms with Crippen LogP contribution in [0.25, 0.3) is 0 Å². The Morgan fingerprint density at radius 1 is 0.947 bits per heavy atom. The van der Waals surface area contributed by atoms with Crippen LogP contribution in [-0.4, -0.2) is 5.78 Å². The van der Waals surface area contributed by atoms with Crippen LogP contribution in [-0.2, 0) is 5.41 Å². The molecule has 2 aromatic rings. The van der Waals surface area contributed by atoms with Gasteiger partial charge in [-0.15, -0.1) is 0 Å². The van der Waals surface area contributed by atoms with E-state index in [1.807, 2.05) is 12.1 Å². The maximum Gasteiger partial charge on any atom is 0.195 e. The second-order valence-electron chi connectivity index (χ2n) is 5.64. The molecule has 0 spiro atoms. The molecule has 0 saturated heterocycles. The van der Waals surface area contributed by atoms with Gasteiger partial charge in [0.2, 0.25) is 0 Å². The molecular formula is C17H17FO. The van der Waals surface area contributed by atoms with Crippen LogP contribution in [0.15, 0.2) is 48.5 Å². The lowest BCUT2D eigenvalue weighted by atomic mass is 9.86. The topological polar surface area (TPSA) is 17.1 Å². The Labute approximate surface area is 113 Å². The molecule has 0 aliphatic rings. The van der Waals surface area contributed by atoms with Gasteiger partial charge in [-0.3, -0.25) is 4.79 Å². The third kappa shape index (κ3) is 2.90. The summed E-state index contributed by atoms with van der Waals surface area (Å²) in [5, 5.41) is 0. The summed E-state index contributed by atoms with van der Waals surface area (Å²) in [6, 6.07) is 13.4. The van der Waals surface area contributed by atoms with Crippen molar-refractivity contribution in [2.45, 2.75) is 26.2 Å². The van der Waals surface area contributed by atoms with E-state index in [-0.39, 0.29) is 16.8 Å². The number of hydrogen-bond donors (Lipinski definition) is 0. The number of rotatable bonds is 2. The van der Waals surface area contributed by atoms with Gasteiger partial charge in [0.25, 0.3) is 0 Å². The highest BCUT2D eigenvalue weighted by Crippen LogP contribution is 2.23. The lowest BCUT2D eigenvalue weighted by Crippen LogP contribution is -2.11. The lowest BCUT2D eigenvalue weighted by Gasteiger charge is -2.19. The molecule has 2 rings (SSSR count). The molecule has 0 aromatic heterocycles. The van der Waals surface area contributed by atoms with Gasteiger partial charge >= 0.3 is 0 Å². The van der Waals surface area contributed by atoms with Crippen molar-refractivity contribution in [2.75, 3.05) is 0 Å². The largest absolute Gasteiger partial charge is 0.288 e. The summed E-state index contributed by atoms with van der Waals surface area (Å²) in [7, 11) is 0. The maximum absolute atomic E-state index is 13.6. The van der Waals surface area contributed by atoms with Crippen molar-refractivity contribution in [2.24, 2.45) is 0 Å². The first kappa shape index (κ1) is 13.5. The van der Waals surface area contributed by atoms with Gasteiger partial charge in [0.05, 0.1) is 5.56 Å². The van der Waals surface area contributed by atoms with E-state index in [0.29, 0.717) is 5.56 Å². The van der Waals surface area contributed by atoms with E-state index in [4.69, 9.17) is 0 Å². The first-order chi connectivity index (χ1) is 8.89. The smallest absolute Gasteiger partial charge is 0.195 e. The molecule has 0 aliphatic heterocycles. The summed E-state index contributed by atoms with van der Waals surface area (Å²) >= 11 is 0. The van der Waals surface area contributed by atoms with Gasteiger partial charge in [-0.1, -0.05) is 57.2 Å². The zero-order chi connectivity index (χ0) is 14.0. The Hall–Kier alpha value is -1.96. The van der Waals surface area contributed by atoms with Gasteiger partial charge in [-0.05, 0) is 23.1 Å². The molecule has 0 amide bonds. The highest BCUT2D eigenvalue weighted by molar-refractivity contribution is 6.09. The predicted molar refractivity (Wildman–Crippen MR) is 75.0 cm³/mol. The Morgan fingerprint density at radius 3 is 2.05 bits per heavy atom. The van der Waals surface area contributed by atoms with E-state index >= 15 is 0 Å². The van der Waals surface area contributed by atoms with Crippen molar-refractivity contribution in [3.8, 4) is 0 Å². The summed E-state index contributed by atoms with van der Waals surface area (Å²) in [5.41, 5.74) is 1.82. The van der Waals surface area contributed by atoms with Gasteiger partial charge in [0.15, 0.2) is 5.78 Å². The Kier molecular flexibility index (Phi) is 3.52. The van der Waals surface area contributed by atoms with Crippen molar-refractivity contribution < 1.29 is 9.18 Å². The van der Waals surface area contributed by atoms with Gasteiger partial charge in [-0.2, -0.15) is 0 Å². The van der Waals surface area contributed by atoms with Gasteiger partial charge in [0.1, 0.15) is 5.82 Å². The first-order valence-electron chi connectivity index (χ1n) is 6.29. The quantitative estimate of drug-likeness (QED) is 0.730. The molecule has 0 saturated carbocycles. The maximum atomic E-state index is 13.6. The SMILES string of the molecule is CC(C)(C)c1ccc(C(=O)c2ccccc2F)cc1. The zero-order valence-corrected chi connectivity index (χ0v) is 11.4. The van der Waals surface area contributed by atoms with Crippen molar-refractivity contribution in [3.63, 3.8) is 0 Å². The van der Waals surface area contributed by atoms with Crippen LogP contribution in [0, 0.1) is 5.82 Å². The molecule has 0 aliphatic carbocycles. The summed E-state index contributed by atoms with van der Waals surface area (Å²) in [6.45, 7) is 6.34. The van der Waals surface area contributed by atoms with Crippen LogP contribution in [0.4, 0.5) is 4.39 Å². The molecule has 19 heavy (non-hydrogen) atoms. The van der Waals surface area contributed by atoms with Crippen LogP contribution in [0.5, 0.6) is 0 Å². The molecule has 0 unspecified atom stereocenters. The molecule has 0 heterocycles. The molecule has 0 bridgehead atoms. The lowest BCUT2D eigenvalue weighted by molar-refractivity contribution is 0.103. The fraction of sp³-hybridized carbons (Fsp3) is 0.235. The molecule has 98 valence electrons. The van der Waals surface area contributed by atoms with E-state index in [9.17, 15) is 9.18 Å². The number of benzene rings is 2. The predicted octanol–water partition coefficient (Wildman–Crippen LogP) is 4.35. The Morgan fingerprint density at radius 2 is 1.53 bits per heavy atom. The minimum absolute atomic E-state index is 0.0412. The van der Waals surface area contributed by atoms with Crippen molar-refractivity contribution >= 4 is 5.78 Å². The van der Waals surface area contributed by atoms with Crippen LogP contribution in [0.2, 0.25) is 0 Å². The first-order valence-corrected chi connectivity index (χ1v) is 6.29. The third-order valence-electron chi connectivity index (χ3n) is 3.13. The molecule has 0 atom stereocenters. The number of carbonyl (C=O) groups excluding carboxylic acids is 1. The number of halogens is 1. The van der Waals surface area contributed by atoms with E-state index in [1.54, 1.807) is 24.3 Å². The fourth-order valence-corrected chi connectivity index (χ4v) is 1.92. The average Bonchev–Trinajstić information content (AvgIpc) is 2.38. The summed E-state index contributed by atoms with van der Waals surface area (Å²) in [6.07, 6.45) is 0. The molecule has 2 aromatic carbocycles. The monoisotopic (exact) mass is 256 g/mol. The molecule has 0 fully saturated rings. The number of ketones is 1. The molecular weight excluding hydrogens is 239 g/mol. The Bertz CT molecular complexity index is 591. The van der Waals surface area contributed by atoms with E-state index in [1.165, 1.54) is 12.1 Å². The number of hydrogen-bond acceptors (Lipinski definition) is 1. The minimum atomic E-state index is -0.479. The van der Waals surface area contributed by atoms with Crippen molar-refractivity contribution in [3.05, 3.63) is 71.0 Å². The number of carbonyl (C=O) groups is 1. The molecule has 2 heteroatoms. The van der Waals surface area contributed by atoms with Gasteiger partial charge in [-0.25, -0.2) is 4.39 Å². The average molecular weight is 256 g/mol. The third-order valence-corrected chi connectivity index (χ3v) is 3.13. The van der Waals surface area contributed by atoms with Crippen molar-refractivity contribution in [1.82, 2.24) is 0 Å². The van der Waals surface area contributed by atoms with E-state index in [2.05, 4.69) is 20.8 Å². The standard InChI is InChI=1S/C17H17FO/c1-17(2,3)13-10-8-12(9-11-13)16(19)14-6-4-5-7-15(14)18/h4-11H,1-3H3. The van der Waals surface area contributed by atoms with Gasteiger partial charge in [0, 0.05) is 5.56 Å². The van der Waals surface area contributed by atoms with E-state index < -0.39 is 5.82 Å². The van der Waals surface area contributed by atoms with Crippen LogP contribution >= 0.6 is 0 Å². The van der Waals surface area contributed by atoms with E-state index in [0.717, 1.165) is 5.56 Å². The van der Waals surface area contributed by atoms with Gasteiger partial charge < -0.3 is 0 Å². The normalized spacial score (nSPS) is 11.4. The molecule has 0 radical (unpaired) electrons. The summed E-state index contributed by atoms with van der Waals surface area (Å²) in [4.78, 5) is 12.2. The zero-order valence-electron chi connectivity index (χ0n) is 11.4. The molecule has 0 N–H and O–H groups in total. The highest BCUT2D eigenvalue weighted by atomic mass is 19.1. The highest BCUT2D eigenvalue weighted by Gasteiger charge is 2.16. The Balaban J connectivity index is 2.34. The fourth-order valence-electron chi connectivity index (χ4n) is 1.92.